The van der Waals surface area contributed by atoms with Gasteiger partial charge in [0.1, 0.15) is 17.3 Å². The molecule has 0 bridgehead atoms. The summed E-state index contributed by atoms with van der Waals surface area (Å²) in [6, 6.07) is 28.4. The number of hydrogen-bond acceptors (Lipinski definition) is 4. The third-order valence-corrected chi connectivity index (χ3v) is 4.68. The van der Waals surface area contributed by atoms with E-state index in [2.05, 4.69) is 10.5 Å². The molecule has 0 spiro atoms. The van der Waals surface area contributed by atoms with E-state index in [1.807, 2.05) is 78.9 Å². The lowest BCUT2D eigenvalue weighted by Gasteiger charge is -2.10. The molecule has 0 aliphatic heterocycles. The lowest BCUT2D eigenvalue weighted by Crippen LogP contribution is -2.24. The Labute approximate surface area is 184 Å². The Balaban J connectivity index is 1.33. The molecule has 6 heteroatoms. The van der Waals surface area contributed by atoms with Crippen LogP contribution in [0.5, 0.6) is 5.75 Å². The number of hydrogen-bond donors (Lipinski definition) is 1. The summed E-state index contributed by atoms with van der Waals surface area (Å²) in [6.45, 7) is -0.160. The molecule has 1 aromatic heterocycles. The van der Waals surface area contributed by atoms with Gasteiger partial charge in [-0.15, -0.1) is 0 Å². The van der Waals surface area contributed by atoms with Gasteiger partial charge in [0, 0.05) is 16.1 Å². The van der Waals surface area contributed by atoms with Crippen molar-refractivity contribution >= 4 is 23.7 Å². The Bertz CT molecular complexity index is 1200. The zero-order chi connectivity index (χ0) is 21.5. The molecule has 0 aliphatic rings. The average Bonchev–Trinajstić information content (AvgIpc) is 3.27. The summed E-state index contributed by atoms with van der Waals surface area (Å²) < 4.78 is 11.4. The van der Waals surface area contributed by atoms with Crippen LogP contribution in [-0.2, 0) is 4.79 Å². The minimum Gasteiger partial charge on any atom is -0.483 e. The SMILES string of the molecule is O=C(COc1ccccc1-c1ccccc1)NN=Cc1ccc(-c2cccc(Cl)c2)o1. The van der Waals surface area contributed by atoms with Crippen molar-refractivity contribution < 1.29 is 13.9 Å². The van der Waals surface area contributed by atoms with Crippen LogP contribution < -0.4 is 10.2 Å². The maximum atomic E-state index is 12.1. The number of para-hydroxylation sites is 1. The number of furan rings is 1. The van der Waals surface area contributed by atoms with Crippen molar-refractivity contribution in [2.24, 2.45) is 5.10 Å². The van der Waals surface area contributed by atoms with Crippen LogP contribution in [0.15, 0.2) is 101 Å². The van der Waals surface area contributed by atoms with Crippen LogP contribution in [0.1, 0.15) is 5.76 Å². The number of ether oxygens (including phenoxy) is 1. The first-order valence-corrected chi connectivity index (χ1v) is 10.0. The van der Waals surface area contributed by atoms with E-state index in [-0.39, 0.29) is 12.5 Å². The summed E-state index contributed by atoms with van der Waals surface area (Å²) in [6.07, 6.45) is 1.43. The van der Waals surface area contributed by atoms with Gasteiger partial charge in [0.2, 0.25) is 0 Å². The standard InChI is InChI=1S/C25H19ClN2O3/c26-20-10-6-9-19(15-20)23-14-13-21(31-23)16-27-28-25(29)17-30-24-12-5-4-11-22(24)18-7-2-1-3-8-18/h1-16H,17H2,(H,28,29). The van der Waals surface area contributed by atoms with Crippen LogP contribution in [0.2, 0.25) is 5.02 Å². The lowest BCUT2D eigenvalue weighted by molar-refractivity contribution is -0.123. The Morgan fingerprint density at radius 3 is 2.55 bits per heavy atom. The second kappa shape index (κ2) is 9.78. The summed E-state index contributed by atoms with van der Waals surface area (Å²) in [4.78, 5) is 12.1. The third kappa shape index (κ3) is 5.41. The van der Waals surface area contributed by atoms with Crippen molar-refractivity contribution in [2.75, 3.05) is 6.61 Å². The Morgan fingerprint density at radius 1 is 0.935 bits per heavy atom. The molecule has 1 amide bonds. The zero-order valence-electron chi connectivity index (χ0n) is 16.5. The summed E-state index contributed by atoms with van der Waals surface area (Å²) in [5.41, 5.74) is 5.24. The van der Waals surface area contributed by atoms with Crippen molar-refractivity contribution in [1.82, 2.24) is 5.43 Å². The molecule has 0 radical (unpaired) electrons. The van der Waals surface area contributed by atoms with Crippen molar-refractivity contribution in [1.29, 1.82) is 0 Å². The summed E-state index contributed by atoms with van der Waals surface area (Å²) in [5.74, 6) is 1.42. The van der Waals surface area contributed by atoms with Crippen LogP contribution in [0, 0.1) is 0 Å². The fourth-order valence-corrected chi connectivity index (χ4v) is 3.20. The molecule has 1 N–H and O–H groups in total. The number of carbonyl (C=O) groups is 1. The number of nitrogens with zero attached hydrogens (tertiary/aromatic N) is 1. The van der Waals surface area contributed by atoms with Crippen LogP contribution in [0.4, 0.5) is 0 Å². The van der Waals surface area contributed by atoms with Gasteiger partial charge in [-0.3, -0.25) is 4.79 Å². The number of amides is 1. The first-order valence-electron chi connectivity index (χ1n) is 9.64. The van der Waals surface area contributed by atoms with E-state index >= 15 is 0 Å². The summed E-state index contributed by atoms with van der Waals surface area (Å²) in [7, 11) is 0. The normalized spacial score (nSPS) is 10.9. The van der Waals surface area contributed by atoms with E-state index in [4.69, 9.17) is 20.8 Å². The zero-order valence-corrected chi connectivity index (χ0v) is 17.3. The van der Waals surface area contributed by atoms with E-state index in [0.717, 1.165) is 16.7 Å². The van der Waals surface area contributed by atoms with Gasteiger partial charge >= 0.3 is 0 Å². The third-order valence-electron chi connectivity index (χ3n) is 4.45. The van der Waals surface area contributed by atoms with E-state index in [9.17, 15) is 4.79 Å². The molecule has 154 valence electrons. The number of rotatable bonds is 7. The molecule has 4 rings (SSSR count). The Hall–Kier alpha value is -3.83. The van der Waals surface area contributed by atoms with E-state index < -0.39 is 0 Å². The number of carbonyl (C=O) groups excluding carboxylic acids is 1. The van der Waals surface area contributed by atoms with Gasteiger partial charge in [0.15, 0.2) is 6.61 Å². The van der Waals surface area contributed by atoms with Gasteiger partial charge < -0.3 is 9.15 Å². The predicted molar refractivity (Wildman–Crippen MR) is 122 cm³/mol. The predicted octanol–water partition coefficient (Wildman–Crippen LogP) is 5.80. The summed E-state index contributed by atoms with van der Waals surface area (Å²) in [5, 5.41) is 4.56. The van der Waals surface area contributed by atoms with Crippen molar-refractivity contribution in [3.63, 3.8) is 0 Å². The lowest BCUT2D eigenvalue weighted by atomic mass is 10.1. The highest BCUT2D eigenvalue weighted by atomic mass is 35.5. The minimum absolute atomic E-state index is 0.160. The molecule has 4 aromatic rings. The van der Waals surface area contributed by atoms with Gasteiger partial charge in [-0.2, -0.15) is 5.10 Å². The quantitative estimate of drug-likeness (QED) is 0.298. The van der Waals surface area contributed by atoms with Gasteiger partial charge in [-0.1, -0.05) is 72.3 Å². The maximum Gasteiger partial charge on any atom is 0.277 e. The average molecular weight is 431 g/mol. The first kappa shape index (κ1) is 20.4. The number of halogens is 1. The van der Waals surface area contributed by atoms with Crippen molar-refractivity contribution in [3.05, 3.63) is 102 Å². The fraction of sp³-hybridized carbons (Fsp3) is 0.0400. The number of hydrazone groups is 1. The molecule has 0 saturated carbocycles. The second-order valence-electron chi connectivity index (χ2n) is 6.66. The molecule has 0 fully saturated rings. The molecule has 0 aliphatic carbocycles. The molecule has 3 aromatic carbocycles. The van der Waals surface area contributed by atoms with Gasteiger partial charge in [0.05, 0.1) is 6.21 Å². The highest BCUT2D eigenvalue weighted by Gasteiger charge is 2.08. The topological polar surface area (TPSA) is 63.8 Å². The van der Waals surface area contributed by atoms with Crippen molar-refractivity contribution in [3.8, 4) is 28.2 Å². The largest absolute Gasteiger partial charge is 0.483 e. The highest BCUT2D eigenvalue weighted by Crippen LogP contribution is 2.29. The first-order chi connectivity index (χ1) is 15.2. The highest BCUT2D eigenvalue weighted by molar-refractivity contribution is 6.30. The maximum absolute atomic E-state index is 12.1. The number of benzene rings is 3. The molecule has 0 saturated heterocycles. The van der Waals surface area contributed by atoms with E-state index in [1.165, 1.54) is 6.21 Å². The van der Waals surface area contributed by atoms with E-state index in [0.29, 0.717) is 22.3 Å². The van der Waals surface area contributed by atoms with Crippen molar-refractivity contribution in [2.45, 2.75) is 0 Å². The molecular formula is C25H19ClN2O3. The monoisotopic (exact) mass is 430 g/mol. The second-order valence-corrected chi connectivity index (χ2v) is 7.09. The smallest absolute Gasteiger partial charge is 0.277 e. The molecule has 5 nitrogen and oxygen atoms in total. The van der Waals surface area contributed by atoms with Gasteiger partial charge in [-0.25, -0.2) is 5.43 Å². The van der Waals surface area contributed by atoms with Crippen LogP contribution in [-0.4, -0.2) is 18.7 Å². The molecule has 31 heavy (non-hydrogen) atoms. The van der Waals surface area contributed by atoms with Crippen LogP contribution in [0.3, 0.4) is 0 Å². The van der Waals surface area contributed by atoms with Gasteiger partial charge in [0.25, 0.3) is 5.91 Å². The Kier molecular flexibility index (Phi) is 6.45. The molecule has 1 heterocycles. The summed E-state index contributed by atoms with van der Waals surface area (Å²) >= 11 is 6.01. The minimum atomic E-state index is -0.374. The Morgan fingerprint density at radius 2 is 1.71 bits per heavy atom. The fourth-order valence-electron chi connectivity index (χ4n) is 3.01. The number of nitrogens with one attached hydrogen (secondary N) is 1. The molecule has 0 unspecified atom stereocenters. The van der Waals surface area contributed by atoms with Crippen LogP contribution >= 0.6 is 11.6 Å². The van der Waals surface area contributed by atoms with E-state index in [1.54, 1.807) is 12.1 Å². The van der Waals surface area contributed by atoms with Crippen LogP contribution in [0.25, 0.3) is 22.5 Å². The molecule has 0 atom stereocenters. The van der Waals surface area contributed by atoms with Gasteiger partial charge in [-0.05, 0) is 35.9 Å². The molecular weight excluding hydrogens is 412 g/mol.